The highest BCUT2D eigenvalue weighted by atomic mass is 15.1. The Hall–Kier alpha value is -0.0800. The van der Waals surface area contributed by atoms with Crippen LogP contribution >= 0.6 is 0 Å². The van der Waals surface area contributed by atoms with Crippen LogP contribution in [0.15, 0.2) is 0 Å². The van der Waals surface area contributed by atoms with Crippen LogP contribution in [0, 0.1) is 0 Å². The fourth-order valence-corrected chi connectivity index (χ4v) is 0.888. The second kappa shape index (κ2) is 6.62. The zero-order chi connectivity index (χ0) is 8.69. The highest BCUT2D eigenvalue weighted by molar-refractivity contribution is 4.57. The molecule has 2 nitrogen and oxygen atoms in total. The van der Waals surface area contributed by atoms with E-state index in [4.69, 9.17) is 0 Å². The molecule has 1 N–H and O–H groups in total. The van der Waals surface area contributed by atoms with Gasteiger partial charge >= 0.3 is 0 Å². The molecule has 0 unspecified atom stereocenters. The molecule has 0 bridgehead atoms. The summed E-state index contributed by atoms with van der Waals surface area (Å²) in [5, 5.41) is 3.46. The molecule has 0 heterocycles. The summed E-state index contributed by atoms with van der Waals surface area (Å²) in [4.78, 5) is 2.22. The van der Waals surface area contributed by atoms with E-state index in [1.54, 1.807) is 0 Å². The molecule has 0 saturated heterocycles. The fraction of sp³-hybridized carbons (Fsp3) is 1.00. The van der Waals surface area contributed by atoms with E-state index in [2.05, 4.69) is 38.2 Å². The quantitative estimate of drug-likeness (QED) is 0.587. The van der Waals surface area contributed by atoms with Gasteiger partial charge in [-0.1, -0.05) is 6.92 Å². The van der Waals surface area contributed by atoms with Crippen molar-refractivity contribution in [3.05, 3.63) is 0 Å². The van der Waals surface area contributed by atoms with Gasteiger partial charge in [-0.3, -0.25) is 0 Å². The Morgan fingerprint density at radius 2 is 2.00 bits per heavy atom. The summed E-state index contributed by atoms with van der Waals surface area (Å²) < 4.78 is 0. The van der Waals surface area contributed by atoms with E-state index in [0.717, 1.165) is 6.54 Å². The normalized spacial score (nSPS) is 13.9. The maximum atomic E-state index is 3.46. The average molecular weight is 158 g/mol. The Labute approximate surface area is 71.0 Å². The van der Waals surface area contributed by atoms with E-state index in [1.807, 2.05) is 0 Å². The van der Waals surface area contributed by atoms with E-state index in [-0.39, 0.29) is 0 Å². The van der Waals surface area contributed by atoms with Crippen molar-refractivity contribution in [2.75, 3.05) is 27.2 Å². The molecule has 1 atom stereocenters. The standard InChI is InChI=1S/C9H22N2/c1-5-9(2)10-7-6-8-11(3)4/h9-10H,5-8H2,1-4H3/t9-/m1/s1. The molecule has 0 fully saturated rings. The van der Waals surface area contributed by atoms with E-state index in [1.165, 1.54) is 19.4 Å². The zero-order valence-corrected chi connectivity index (χ0v) is 8.35. The van der Waals surface area contributed by atoms with Crippen LogP contribution in [0.4, 0.5) is 0 Å². The third-order valence-corrected chi connectivity index (χ3v) is 1.89. The molecule has 0 radical (unpaired) electrons. The molecule has 0 aromatic heterocycles. The molecule has 0 rings (SSSR count). The lowest BCUT2D eigenvalue weighted by Crippen LogP contribution is -2.28. The van der Waals surface area contributed by atoms with Crippen molar-refractivity contribution in [1.82, 2.24) is 10.2 Å². The van der Waals surface area contributed by atoms with Gasteiger partial charge in [0.15, 0.2) is 0 Å². The first kappa shape index (κ1) is 10.9. The molecule has 0 aromatic carbocycles. The molecular weight excluding hydrogens is 136 g/mol. The van der Waals surface area contributed by atoms with Gasteiger partial charge in [0, 0.05) is 6.04 Å². The summed E-state index contributed by atoms with van der Waals surface area (Å²) in [7, 11) is 4.23. The third-order valence-electron chi connectivity index (χ3n) is 1.89. The van der Waals surface area contributed by atoms with Gasteiger partial charge < -0.3 is 10.2 Å². The van der Waals surface area contributed by atoms with Crippen molar-refractivity contribution >= 4 is 0 Å². The molecule has 11 heavy (non-hydrogen) atoms. The van der Waals surface area contributed by atoms with Crippen molar-refractivity contribution in [2.24, 2.45) is 0 Å². The van der Waals surface area contributed by atoms with E-state index in [0.29, 0.717) is 6.04 Å². The first-order chi connectivity index (χ1) is 5.16. The van der Waals surface area contributed by atoms with Gasteiger partial charge in [0.25, 0.3) is 0 Å². The Bertz CT molecular complexity index is 81.6. The molecule has 0 aliphatic rings. The highest BCUT2D eigenvalue weighted by Crippen LogP contribution is 1.88. The highest BCUT2D eigenvalue weighted by Gasteiger charge is 1.95. The van der Waals surface area contributed by atoms with Gasteiger partial charge in [-0.2, -0.15) is 0 Å². The Morgan fingerprint density at radius 1 is 1.36 bits per heavy atom. The lowest BCUT2D eigenvalue weighted by Gasteiger charge is -2.13. The summed E-state index contributed by atoms with van der Waals surface area (Å²) in [6.07, 6.45) is 2.47. The van der Waals surface area contributed by atoms with Crippen molar-refractivity contribution in [1.29, 1.82) is 0 Å². The van der Waals surface area contributed by atoms with Crippen LogP contribution in [0.2, 0.25) is 0 Å². The van der Waals surface area contributed by atoms with E-state index in [9.17, 15) is 0 Å². The summed E-state index contributed by atoms with van der Waals surface area (Å²) in [6.45, 7) is 6.77. The van der Waals surface area contributed by atoms with E-state index >= 15 is 0 Å². The van der Waals surface area contributed by atoms with Crippen LogP contribution in [0.3, 0.4) is 0 Å². The summed E-state index contributed by atoms with van der Waals surface area (Å²) in [6, 6.07) is 0.678. The molecule has 2 heteroatoms. The first-order valence-corrected chi connectivity index (χ1v) is 4.55. The SMILES string of the molecule is CC[C@@H](C)NCCCN(C)C. The monoisotopic (exact) mass is 158 g/mol. The zero-order valence-electron chi connectivity index (χ0n) is 8.35. The van der Waals surface area contributed by atoms with Gasteiger partial charge in [0.2, 0.25) is 0 Å². The lowest BCUT2D eigenvalue weighted by atomic mass is 10.2. The van der Waals surface area contributed by atoms with Crippen LogP contribution in [-0.4, -0.2) is 38.1 Å². The number of hydrogen-bond donors (Lipinski definition) is 1. The summed E-state index contributed by atoms with van der Waals surface area (Å²) >= 11 is 0. The number of nitrogens with one attached hydrogen (secondary N) is 1. The van der Waals surface area contributed by atoms with Gasteiger partial charge in [0.05, 0.1) is 0 Å². The van der Waals surface area contributed by atoms with Crippen molar-refractivity contribution in [3.63, 3.8) is 0 Å². The van der Waals surface area contributed by atoms with Gasteiger partial charge in [-0.25, -0.2) is 0 Å². The molecule has 0 aliphatic heterocycles. The molecule has 0 saturated carbocycles. The van der Waals surface area contributed by atoms with Gasteiger partial charge in [-0.15, -0.1) is 0 Å². The van der Waals surface area contributed by atoms with E-state index < -0.39 is 0 Å². The van der Waals surface area contributed by atoms with Crippen molar-refractivity contribution < 1.29 is 0 Å². The summed E-state index contributed by atoms with van der Waals surface area (Å²) in [5.41, 5.74) is 0. The largest absolute Gasteiger partial charge is 0.314 e. The second-order valence-electron chi connectivity index (χ2n) is 3.42. The Morgan fingerprint density at radius 3 is 2.45 bits per heavy atom. The molecule has 68 valence electrons. The molecule has 0 amide bonds. The third kappa shape index (κ3) is 7.82. The predicted octanol–water partition coefficient (Wildman–Crippen LogP) is 1.33. The minimum atomic E-state index is 0.678. The molecule has 0 aliphatic carbocycles. The molecule has 0 aromatic rings. The predicted molar refractivity (Wildman–Crippen MR) is 50.9 cm³/mol. The number of rotatable bonds is 6. The topological polar surface area (TPSA) is 15.3 Å². The van der Waals surface area contributed by atoms with Gasteiger partial charge in [-0.05, 0) is 47.0 Å². The maximum Gasteiger partial charge on any atom is 0.00361 e. The van der Waals surface area contributed by atoms with Crippen LogP contribution in [0.1, 0.15) is 26.7 Å². The van der Waals surface area contributed by atoms with Crippen molar-refractivity contribution in [2.45, 2.75) is 32.7 Å². The fourth-order valence-electron chi connectivity index (χ4n) is 0.888. The van der Waals surface area contributed by atoms with Crippen LogP contribution in [-0.2, 0) is 0 Å². The maximum absolute atomic E-state index is 3.46. The minimum absolute atomic E-state index is 0.678. The van der Waals surface area contributed by atoms with Crippen LogP contribution < -0.4 is 5.32 Å². The van der Waals surface area contributed by atoms with Gasteiger partial charge in [0.1, 0.15) is 0 Å². The van der Waals surface area contributed by atoms with Crippen LogP contribution in [0.25, 0.3) is 0 Å². The average Bonchev–Trinajstić information content (AvgIpc) is 1.97. The lowest BCUT2D eigenvalue weighted by molar-refractivity contribution is 0.387. The smallest absolute Gasteiger partial charge is 0.00361 e. The number of nitrogens with zero attached hydrogens (tertiary/aromatic N) is 1. The second-order valence-corrected chi connectivity index (χ2v) is 3.42. The minimum Gasteiger partial charge on any atom is -0.314 e. The Kier molecular flexibility index (Phi) is 6.57. The van der Waals surface area contributed by atoms with Crippen LogP contribution in [0.5, 0.6) is 0 Å². The molecule has 0 spiro atoms. The summed E-state index contributed by atoms with van der Waals surface area (Å²) in [5.74, 6) is 0. The Balaban J connectivity index is 3.01. The first-order valence-electron chi connectivity index (χ1n) is 4.55. The van der Waals surface area contributed by atoms with Crippen molar-refractivity contribution in [3.8, 4) is 0 Å². The molecular formula is C9H22N2. The number of hydrogen-bond acceptors (Lipinski definition) is 2.